The Kier molecular flexibility index (Phi) is 2.49. The summed E-state index contributed by atoms with van der Waals surface area (Å²) in [5.74, 6) is 1.87. The molecule has 1 N–H and O–H groups in total. The van der Waals surface area contributed by atoms with Gasteiger partial charge in [0.1, 0.15) is 0 Å². The van der Waals surface area contributed by atoms with E-state index in [1.807, 2.05) is 0 Å². The van der Waals surface area contributed by atoms with Crippen LogP contribution in [0.4, 0.5) is 0 Å². The number of nitrogens with one attached hydrogen (secondary N) is 1. The number of benzene rings is 1. The summed E-state index contributed by atoms with van der Waals surface area (Å²) in [6, 6.07) is 8.97. The van der Waals surface area contributed by atoms with Crippen LogP contribution in [-0.2, 0) is 12.8 Å². The van der Waals surface area contributed by atoms with Gasteiger partial charge in [-0.2, -0.15) is 0 Å². The van der Waals surface area contributed by atoms with Gasteiger partial charge in [0.2, 0.25) is 0 Å². The molecule has 1 heterocycles. The lowest BCUT2D eigenvalue weighted by Crippen LogP contribution is -2.13. The highest BCUT2D eigenvalue weighted by Gasteiger charge is 2.25. The van der Waals surface area contributed by atoms with Crippen molar-refractivity contribution in [3.05, 3.63) is 35.4 Å². The van der Waals surface area contributed by atoms with Crippen molar-refractivity contribution in [1.29, 1.82) is 0 Å². The monoisotopic (exact) mass is 201 g/mol. The van der Waals surface area contributed by atoms with Crippen molar-refractivity contribution in [3.8, 4) is 0 Å². The molecule has 1 unspecified atom stereocenters. The highest BCUT2D eigenvalue weighted by Crippen LogP contribution is 2.31. The van der Waals surface area contributed by atoms with Crippen LogP contribution >= 0.6 is 0 Å². The molecule has 1 aromatic carbocycles. The largest absolute Gasteiger partial charge is 0.316 e. The molecule has 0 bridgehead atoms. The van der Waals surface area contributed by atoms with Gasteiger partial charge in [0.15, 0.2) is 0 Å². The standard InChI is InChI=1S/C14H19N/c1-2-4-14-9-12(8-13(14)3-1)7-11-5-6-15-10-11/h1-4,11-12,15H,5-10H2. The molecule has 0 aromatic heterocycles. The molecule has 0 radical (unpaired) electrons. The van der Waals surface area contributed by atoms with Crippen LogP contribution in [0.3, 0.4) is 0 Å². The quantitative estimate of drug-likeness (QED) is 0.774. The van der Waals surface area contributed by atoms with Gasteiger partial charge in [0.25, 0.3) is 0 Å². The highest BCUT2D eigenvalue weighted by atomic mass is 14.9. The Morgan fingerprint density at radius 1 is 1.07 bits per heavy atom. The first-order valence-corrected chi connectivity index (χ1v) is 6.19. The van der Waals surface area contributed by atoms with Crippen LogP contribution in [0, 0.1) is 11.8 Å². The van der Waals surface area contributed by atoms with Gasteiger partial charge in [0.05, 0.1) is 0 Å². The summed E-state index contributed by atoms with van der Waals surface area (Å²) >= 11 is 0. The highest BCUT2D eigenvalue weighted by molar-refractivity contribution is 5.32. The molecule has 0 spiro atoms. The molecule has 80 valence electrons. The van der Waals surface area contributed by atoms with E-state index >= 15 is 0 Å². The van der Waals surface area contributed by atoms with Gasteiger partial charge in [-0.3, -0.25) is 0 Å². The second-order valence-electron chi connectivity index (χ2n) is 5.14. The second kappa shape index (κ2) is 3.97. The fourth-order valence-electron chi connectivity index (χ4n) is 3.20. The minimum Gasteiger partial charge on any atom is -0.316 e. The maximum absolute atomic E-state index is 3.47. The fraction of sp³-hybridized carbons (Fsp3) is 0.571. The van der Waals surface area contributed by atoms with Crippen LogP contribution in [0.1, 0.15) is 24.0 Å². The first-order chi connectivity index (χ1) is 7.42. The molecule has 3 rings (SSSR count). The maximum atomic E-state index is 3.47. The Bertz CT molecular complexity index is 314. The van der Waals surface area contributed by atoms with Crippen molar-refractivity contribution in [2.75, 3.05) is 13.1 Å². The summed E-state index contributed by atoms with van der Waals surface area (Å²) in [5.41, 5.74) is 3.21. The van der Waals surface area contributed by atoms with Gasteiger partial charge in [-0.1, -0.05) is 24.3 Å². The third-order valence-corrected chi connectivity index (χ3v) is 3.96. The lowest BCUT2D eigenvalue weighted by atomic mass is 9.92. The van der Waals surface area contributed by atoms with Gasteiger partial charge >= 0.3 is 0 Å². The molecule has 0 saturated carbocycles. The van der Waals surface area contributed by atoms with Crippen molar-refractivity contribution in [2.24, 2.45) is 11.8 Å². The Morgan fingerprint density at radius 3 is 2.40 bits per heavy atom. The molecule has 1 heteroatoms. The zero-order valence-corrected chi connectivity index (χ0v) is 9.21. The Labute approximate surface area is 91.9 Å². The molecule has 0 amide bonds. The van der Waals surface area contributed by atoms with Crippen LogP contribution in [0.25, 0.3) is 0 Å². The summed E-state index contributed by atoms with van der Waals surface area (Å²) in [7, 11) is 0. The van der Waals surface area contributed by atoms with E-state index in [4.69, 9.17) is 0 Å². The maximum Gasteiger partial charge on any atom is -0.00199 e. The van der Waals surface area contributed by atoms with Crippen molar-refractivity contribution in [3.63, 3.8) is 0 Å². The van der Waals surface area contributed by atoms with E-state index in [9.17, 15) is 0 Å². The Morgan fingerprint density at radius 2 is 1.80 bits per heavy atom. The molecular formula is C14H19N. The third-order valence-electron chi connectivity index (χ3n) is 3.96. The number of rotatable bonds is 2. The van der Waals surface area contributed by atoms with Crippen LogP contribution in [0.15, 0.2) is 24.3 Å². The lowest BCUT2D eigenvalue weighted by molar-refractivity contribution is 0.402. The second-order valence-corrected chi connectivity index (χ2v) is 5.14. The van der Waals surface area contributed by atoms with Crippen LogP contribution in [-0.4, -0.2) is 13.1 Å². The van der Waals surface area contributed by atoms with E-state index in [2.05, 4.69) is 29.6 Å². The number of hydrogen-bond donors (Lipinski definition) is 1. The molecule has 1 saturated heterocycles. The van der Waals surface area contributed by atoms with Crippen LogP contribution in [0.2, 0.25) is 0 Å². The Balaban J connectivity index is 1.63. The zero-order chi connectivity index (χ0) is 10.1. The predicted molar refractivity (Wildman–Crippen MR) is 62.9 cm³/mol. The summed E-state index contributed by atoms with van der Waals surface area (Å²) in [6.07, 6.45) is 5.48. The third kappa shape index (κ3) is 1.93. The average molecular weight is 201 g/mol. The molecule has 2 aliphatic rings. The van der Waals surface area contributed by atoms with Crippen LogP contribution in [0.5, 0.6) is 0 Å². The minimum absolute atomic E-state index is 0.923. The van der Waals surface area contributed by atoms with E-state index in [1.165, 1.54) is 38.8 Å². The number of hydrogen-bond acceptors (Lipinski definition) is 1. The van der Waals surface area contributed by atoms with E-state index in [1.54, 1.807) is 11.1 Å². The van der Waals surface area contributed by atoms with Crippen molar-refractivity contribution >= 4 is 0 Å². The van der Waals surface area contributed by atoms with Gasteiger partial charge < -0.3 is 5.32 Å². The van der Waals surface area contributed by atoms with Crippen molar-refractivity contribution < 1.29 is 0 Å². The number of fused-ring (bicyclic) bond motifs is 1. The molecule has 1 aliphatic heterocycles. The van der Waals surface area contributed by atoms with Crippen molar-refractivity contribution in [2.45, 2.75) is 25.7 Å². The van der Waals surface area contributed by atoms with Gasteiger partial charge in [-0.25, -0.2) is 0 Å². The average Bonchev–Trinajstić information content (AvgIpc) is 2.86. The van der Waals surface area contributed by atoms with E-state index in [0.717, 1.165) is 11.8 Å². The van der Waals surface area contributed by atoms with E-state index in [0.29, 0.717) is 0 Å². The Hall–Kier alpha value is -0.820. The minimum atomic E-state index is 0.923. The van der Waals surface area contributed by atoms with E-state index in [-0.39, 0.29) is 0 Å². The zero-order valence-electron chi connectivity index (χ0n) is 9.21. The fourth-order valence-corrected chi connectivity index (χ4v) is 3.20. The predicted octanol–water partition coefficient (Wildman–Crippen LogP) is 2.40. The molecule has 1 atom stereocenters. The molecule has 1 fully saturated rings. The normalized spacial score (nSPS) is 25.7. The smallest absolute Gasteiger partial charge is 0.00199 e. The first kappa shape index (κ1) is 9.41. The summed E-state index contributed by atoms with van der Waals surface area (Å²) in [4.78, 5) is 0. The van der Waals surface area contributed by atoms with Gasteiger partial charge in [-0.15, -0.1) is 0 Å². The first-order valence-electron chi connectivity index (χ1n) is 6.19. The van der Waals surface area contributed by atoms with Gasteiger partial charge in [-0.05, 0) is 61.7 Å². The molecule has 15 heavy (non-hydrogen) atoms. The topological polar surface area (TPSA) is 12.0 Å². The summed E-state index contributed by atoms with van der Waals surface area (Å²) < 4.78 is 0. The van der Waals surface area contributed by atoms with E-state index < -0.39 is 0 Å². The summed E-state index contributed by atoms with van der Waals surface area (Å²) in [5, 5.41) is 3.47. The van der Waals surface area contributed by atoms with Gasteiger partial charge in [0, 0.05) is 0 Å². The summed E-state index contributed by atoms with van der Waals surface area (Å²) in [6.45, 7) is 2.50. The molecule has 1 aromatic rings. The SMILES string of the molecule is c1ccc2c(c1)CC(CC1CCNC1)C2. The molecular weight excluding hydrogens is 182 g/mol. The van der Waals surface area contributed by atoms with Crippen LogP contribution < -0.4 is 5.32 Å². The van der Waals surface area contributed by atoms with Crippen molar-refractivity contribution in [1.82, 2.24) is 5.32 Å². The molecule has 1 nitrogen and oxygen atoms in total. The molecule has 1 aliphatic carbocycles. The lowest BCUT2D eigenvalue weighted by Gasteiger charge is -2.13.